The van der Waals surface area contributed by atoms with Crippen LogP contribution in [0.3, 0.4) is 0 Å². The zero-order chi connectivity index (χ0) is 18.0. The molecule has 2 aromatic rings. The van der Waals surface area contributed by atoms with E-state index in [1.165, 1.54) is 24.0 Å². The van der Waals surface area contributed by atoms with Crippen molar-refractivity contribution in [2.75, 3.05) is 26.2 Å². The van der Waals surface area contributed by atoms with E-state index in [0.717, 1.165) is 0 Å². The van der Waals surface area contributed by atoms with Crippen LogP contribution in [0.5, 0.6) is 0 Å². The maximum absolute atomic E-state index is 13.7. The second-order valence-electron chi connectivity index (χ2n) is 6.00. The summed E-state index contributed by atoms with van der Waals surface area (Å²) >= 11 is 0. The Balaban J connectivity index is 1.64. The van der Waals surface area contributed by atoms with Crippen LogP contribution in [0.25, 0.3) is 0 Å². The zero-order valence-electron chi connectivity index (χ0n) is 13.9. The van der Waals surface area contributed by atoms with Crippen molar-refractivity contribution in [1.29, 1.82) is 0 Å². The van der Waals surface area contributed by atoms with Gasteiger partial charge in [0.05, 0.1) is 11.8 Å². The van der Waals surface area contributed by atoms with Crippen LogP contribution in [0.2, 0.25) is 0 Å². The summed E-state index contributed by atoms with van der Waals surface area (Å²) in [6.45, 7) is 2.61. The molecule has 0 bridgehead atoms. The second-order valence-corrected chi connectivity index (χ2v) is 6.00. The number of carboxylic acids is 1. The summed E-state index contributed by atoms with van der Waals surface area (Å²) in [5.74, 6) is -1.75. The van der Waals surface area contributed by atoms with Gasteiger partial charge in [-0.1, -0.05) is 18.2 Å². The molecule has 1 aliphatic heterocycles. The summed E-state index contributed by atoms with van der Waals surface area (Å²) in [4.78, 5) is 27.6. The molecule has 25 heavy (non-hydrogen) atoms. The SMILES string of the molecule is Cn1ncc(C(=O)N2CCN(Cc3ccccc3F)CC2)c1C(=O)O. The molecular weight excluding hydrogens is 327 g/mol. The molecule has 3 rings (SSSR count). The van der Waals surface area contributed by atoms with Crippen molar-refractivity contribution in [1.82, 2.24) is 19.6 Å². The smallest absolute Gasteiger partial charge is 0.354 e. The fourth-order valence-corrected chi connectivity index (χ4v) is 2.99. The average molecular weight is 346 g/mol. The third-order valence-corrected chi connectivity index (χ3v) is 4.38. The molecule has 132 valence electrons. The van der Waals surface area contributed by atoms with Gasteiger partial charge in [0.25, 0.3) is 5.91 Å². The van der Waals surface area contributed by atoms with E-state index in [0.29, 0.717) is 38.3 Å². The third-order valence-electron chi connectivity index (χ3n) is 4.38. The Morgan fingerprint density at radius 2 is 1.88 bits per heavy atom. The van der Waals surface area contributed by atoms with Gasteiger partial charge in [-0.3, -0.25) is 14.4 Å². The molecule has 1 aromatic carbocycles. The van der Waals surface area contributed by atoms with E-state index in [1.54, 1.807) is 23.1 Å². The van der Waals surface area contributed by atoms with Gasteiger partial charge in [0.2, 0.25) is 0 Å². The highest BCUT2D eigenvalue weighted by Gasteiger charge is 2.28. The quantitative estimate of drug-likeness (QED) is 0.900. The normalized spacial score (nSPS) is 15.4. The Labute approximate surface area is 144 Å². The molecule has 8 heteroatoms. The van der Waals surface area contributed by atoms with Gasteiger partial charge in [0.15, 0.2) is 5.69 Å². The first-order chi connectivity index (χ1) is 12.0. The van der Waals surface area contributed by atoms with E-state index in [1.807, 2.05) is 0 Å². The number of rotatable bonds is 4. The predicted molar refractivity (Wildman–Crippen MR) is 87.7 cm³/mol. The summed E-state index contributed by atoms with van der Waals surface area (Å²) in [5.41, 5.74) is 0.610. The lowest BCUT2D eigenvalue weighted by atomic mass is 10.1. The van der Waals surface area contributed by atoms with Crippen molar-refractivity contribution in [2.24, 2.45) is 7.05 Å². The number of aryl methyl sites for hydroxylation is 1. The second kappa shape index (κ2) is 7.02. The number of nitrogens with zero attached hydrogens (tertiary/aromatic N) is 4. The number of amides is 1. The summed E-state index contributed by atoms with van der Waals surface area (Å²) in [6, 6.07) is 6.64. The number of carbonyl (C=O) groups excluding carboxylic acids is 1. The third kappa shape index (κ3) is 3.53. The Morgan fingerprint density at radius 3 is 2.52 bits per heavy atom. The van der Waals surface area contributed by atoms with Crippen LogP contribution in [0.1, 0.15) is 26.4 Å². The predicted octanol–water partition coefficient (Wildman–Crippen LogP) is 1.22. The highest BCUT2D eigenvalue weighted by atomic mass is 19.1. The lowest BCUT2D eigenvalue weighted by Crippen LogP contribution is -2.48. The maximum Gasteiger partial charge on any atom is 0.354 e. The molecule has 0 radical (unpaired) electrons. The van der Waals surface area contributed by atoms with Crippen LogP contribution < -0.4 is 0 Å². The molecule has 0 spiro atoms. The summed E-state index contributed by atoms with van der Waals surface area (Å²) in [5, 5.41) is 13.1. The Kier molecular flexibility index (Phi) is 4.80. The number of aromatic nitrogens is 2. The molecule has 7 nitrogen and oxygen atoms in total. The molecule has 2 heterocycles. The van der Waals surface area contributed by atoms with Crippen LogP contribution in [0.4, 0.5) is 4.39 Å². The Morgan fingerprint density at radius 1 is 1.20 bits per heavy atom. The van der Waals surface area contributed by atoms with Crippen LogP contribution in [0.15, 0.2) is 30.5 Å². The highest BCUT2D eigenvalue weighted by molar-refractivity contribution is 6.03. The van der Waals surface area contributed by atoms with E-state index in [4.69, 9.17) is 0 Å². The fraction of sp³-hybridized carbons (Fsp3) is 0.353. The van der Waals surface area contributed by atoms with Crippen LogP contribution in [-0.4, -0.2) is 62.7 Å². The van der Waals surface area contributed by atoms with Gasteiger partial charge in [0.1, 0.15) is 5.82 Å². The maximum atomic E-state index is 13.7. The summed E-state index contributed by atoms with van der Waals surface area (Å²) in [7, 11) is 1.49. The van der Waals surface area contributed by atoms with Crippen LogP contribution >= 0.6 is 0 Å². The number of aromatic carboxylic acids is 1. The number of piperazine rings is 1. The van der Waals surface area contributed by atoms with Crippen LogP contribution in [-0.2, 0) is 13.6 Å². The Bertz CT molecular complexity index is 797. The standard InChI is InChI=1S/C17H19FN4O3/c1-20-15(17(24)25)13(10-19-20)16(23)22-8-6-21(7-9-22)11-12-4-2-3-5-14(12)18/h2-5,10H,6-9,11H2,1H3,(H,24,25). The van der Waals surface area contributed by atoms with E-state index in [9.17, 15) is 19.1 Å². The highest BCUT2D eigenvalue weighted by Crippen LogP contribution is 2.15. The van der Waals surface area contributed by atoms with E-state index in [-0.39, 0.29) is 23.0 Å². The Hall–Kier alpha value is -2.74. The van der Waals surface area contributed by atoms with Crippen molar-refractivity contribution in [3.05, 3.63) is 53.1 Å². The molecule has 1 amide bonds. The first kappa shape index (κ1) is 17.1. The van der Waals surface area contributed by atoms with Gasteiger partial charge in [-0.05, 0) is 6.07 Å². The molecule has 1 aliphatic rings. The van der Waals surface area contributed by atoms with E-state index >= 15 is 0 Å². The van der Waals surface area contributed by atoms with Gasteiger partial charge in [-0.15, -0.1) is 0 Å². The largest absolute Gasteiger partial charge is 0.477 e. The molecule has 0 atom stereocenters. The first-order valence-corrected chi connectivity index (χ1v) is 7.97. The summed E-state index contributed by atoms with van der Waals surface area (Å²) in [6.07, 6.45) is 1.29. The number of hydrogen-bond donors (Lipinski definition) is 1. The minimum atomic E-state index is -1.18. The zero-order valence-corrected chi connectivity index (χ0v) is 13.9. The topological polar surface area (TPSA) is 78.7 Å². The van der Waals surface area contributed by atoms with Gasteiger partial charge >= 0.3 is 5.97 Å². The van der Waals surface area contributed by atoms with Crippen molar-refractivity contribution >= 4 is 11.9 Å². The number of carboxylic acid groups (broad SMARTS) is 1. The van der Waals surface area contributed by atoms with Gasteiger partial charge < -0.3 is 10.0 Å². The lowest BCUT2D eigenvalue weighted by Gasteiger charge is -2.34. The van der Waals surface area contributed by atoms with Gasteiger partial charge in [-0.25, -0.2) is 9.18 Å². The molecule has 1 fully saturated rings. The van der Waals surface area contributed by atoms with Crippen molar-refractivity contribution in [2.45, 2.75) is 6.54 Å². The average Bonchev–Trinajstić information content (AvgIpc) is 2.99. The van der Waals surface area contributed by atoms with Crippen LogP contribution in [0, 0.1) is 5.82 Å². The number of halogens is 1. The van der Waals surface area contributed by atoms with Crippen molar-refractivity contribution < 1.29 is 19.1 Å². The van der Waals surface area contributed by atoms with E-state index in [2.05, 4.69) is 10.00 Å². The monoisotopic (exact) mass is 346 g/mol. The lowest BCUT2D eigenvalue weighted by molar-refractivity contribution is 0.0605. The minimum Gasteiger partial charge on any atom is -0.477 e. The van der Waals surface area contributed by atoms with Gasteiger partial charge in [-0.2, -0.15) is 5.10 Å². The number of hydrogen-bond acceptors (Lipinski definition) is 4. The van der Waals surface area contributed by atoms with Gasteiger partial charge in [0, 0.05) is 45.3 Å². The fourth-order valence-electron chi connectivity index (χ4n) is 2.99. The molecular formula is C17H19FN4O3. The minimum absolute atomic E-state index is 0.0950. The van der Waals surface area contributed by atoms with Crippen molar-refractivity contribution in [3.63, 3.8) is 0 Å². The molecule has 1 saturated heterocycles. The molecule has 0 saturated carbocycles. The molecule has 0 aliphatic carbocycles. The molecule has 0 unspecified atom stereocenters. The summed E-state index contributed by atoms with van der Waals surface area (Å²) < 4.78 is 14.9. The molecule has 1 N–H and O–H groups in total. The van der Waals surface area contributed by atoms with Crippen molar-refractivity contribution in [3.8, 4) is 0 Å². The molecule has 1 aromatic heterocycles. The first-order valence-electron chi connectivity index (χ1n) is 7.97. The number of carbonyl (C=O) groups is 2. The number of benzene rings is 1. The van der Waals surface area contributed by atoms with E-state index < -0.39 is 5.97 Å².